The number of rotatable bonds is 1. The van der Waals surface area contributed by atoms with E-state index in [2.05, 4.69) is 15.0 Å². The lowest BCUT2D eigenvalue weighted by atomic mass is 10.3. The third-order valence-electron chi connectivity index (χ3n) is 1.81. The van der Waals surface area contributed by atoms with Crippen molar-refractivity contribution in [2.75, 3.05) is 6.26 Å². The van der Waals surface area contributed by atoms with Crippen LogP contribution in [0.3, 0.4) is 0 Å². The van der Waals surface area contributed by atoms with Gasteiger partial charge in [-0.25, -0.2) is 15.0 Å². The van der Waals surface area contributed by atoms with Crippen LogP contribution >= 0.6 is 23.4 Å². The van der Waals surface area contributed by atoms with E-state index >= 15 is 0 Å². The lowest BCUT2D eigenvalue weighted by molar-refractivity contribution is 1.00. The molecule has 72 valence electrons. The van der Waals surface area contributed by atoms with Gasteiger partial charge in [-0.15, -0.1) is 0 Å². The Kier molecular flexibility index (Phi) is 2.56. The van der Waals surface area contributed by atoms with Crippen molar-refractivity contribution in [1.82, 2.24) is 15.0 Å². The summed E-state index contributed by atoms with van der Waals surface area (Å²) in [5, 5.41) is 2.09. The van der Waals surface area contributed by atoms with Gasteiger partial charge >= 0.3 is 0 Å². The normalized spacial score (nSPS) is 10.8. The summed E-state index contributed by atoms with van der Waals surface area (Å²) in [6, 6.07) is 1.92. The molecule has 0 fully saturated rings. The minimum atomic E-state index is 0.442. The number of aromatic nitrogens is 3. The first kappa shape index (κ1) is 9.68. The molecule has 2 aromatic heterocycles. The van der Waals surface area contributed by atoms with E-state index in [4.69, 9.17) is 11.6 Å². The van der Waals surface area contributed by atoms with E-state index in [1.807, 2.05) is 19.2 Å². The maximum atomic E-state index is 5.98. The van der Waals surface area contributed by atoms with Gasteiger partial charge in [-0.1, -0.05) is 23.4 Å². The van der Waals surface area contributed by atoms with Gasteiger partial charge < -0.3 is 0 Å². The van der Waals surface area contributed by atoms with E-state index in [1.54, 1.807) is 6.20 Å². The highest BCUT2D eigenvalue weighted by atomic mass is 35.5. The van der Waals surface area contributed by atoms with Crippen molar-refractivity contribution in [2.45, 2.75) is 12.1 Å². The Hall–Kier alpha value is -0.870. The van der Waals surface area contributed by atoms with Crippen molar-refractivity contribution in [3.05, 3.63) is 23.1 Å². The molecule has 0 aromatic carbocycles. The van der Waals surface area contributed by atoms with E-state index in [-0.39, 0.29) is 0 Å². The summed E-state index contributed by atoms with van der Waals surface area (Å²) in [5.41, 5.74) is 1.60. The smallest absolute Gasteiger partial charge is 0.187 e. The van der Waals surface area contributed by atoms with Gasteiger partial charge in [0.15, 0.2) is 10.3 Å². The van der Waals surface area contributed by atoms with Crippen molar-refractivity contribution in [1.29, 1.82) is 0 Å². The topological polar surface area (TPSA) is 38.7 Å². The fourth-order valence-electron chi connectivity index (χ4n) is 1.21. The van der Waals surface area contributed by atoms with Gasteiger partial charge in [-0.2, -0.15) is 0 Å². The average molecular weight is 226 g/mol. The van der Waals surface area contributed by atoms with E-state index in [0.717, 1.165) is 16.6 Å². The Morgan fingerprint density at radius 1 is 1.36 bits per heavy atom. The van der Waals surface area contributed by atoms with Gasteiger partial charge in [0.2, 0.25) is 0 Å². The van der Waals surface area contributed by atoms with Crippen LogP contribution < -0.4 is 0 Å². The van der Waals surface area contributed by atoms with Crippen LogP contribution in [0, 0.1) is 6.92 Å². The van der Waals surface area contributed by atoms with Crippen LogP contribution in [0.4, 0.5) is 0 Å². The fourth-order valence-corrected chi connectivity index (χ4v) is 1.83. The standard InChI is InChI=1S/C9H8ClN3S/c1-5-3-6-4-11-9(14-2)13-7(6)8(10)12-5/h3-4H,1-2H3. The van der Waals surface area contributed by atoms with Crippen molar-refractivity contribution in [2.24, 2.45) is 0 Å². The minimum Gasteiger partial charge on any atom is -0.239 e. The molecular formula is C9H8ClN3S. The highest BCUT2D eigenvalue weighted by molar-refractivity contribution is 7.98. The fraction of sp³-hybridized carbons (Fsp3) is 0.222. The van der Waals surface area contributed by atoms with E-state index in [0.29, 0.717) is 10.3 Å². The van der Waals surface area contributed by atoms with Crippen molar-refractivity contribution in [3.63, 3.8) is 0 Å². The third-order valence-corrected chi connectivity index (χ3v) is 2.64. The Balaban J connectivity index is 2.75. The third kappa shape index (κ3) is 1.67. The van der Waals surface area contributed by atoms with Gasteiger partial charge in [-0.05, 0) is 19.2 Å². The van der Waals surface area contributed by atoms with Crippen LogP contribution in [0.15, 0.2) is 17.4 Å². The maximum absolute atomic E-state index is 5.98. The molecular weight excluding hydrogens is 218 g/mol. The number of thioether (sulfide) groups is 1. The molecule has 14 heavy (non-hydrogen) atoms. The molecule has 0 aliphatic rings. The van der Waals surface area contributed by atoms with E-state index in [9.17, 15) is 0 Å². The van der Waals surface area contributed by atoms with Gasteiger partial charge in [0.25, 0.3) is 0 Å². The monoisotopic (exact) mass is 225 g/mol. The number of hydrogen-bond donors (Lipinski definition) is 0. The second kappa shape index (κ2) is 3.71. The summed E-state index contributed by atoms with van der Waals surface area (Å²) >= 11 is 7.47. The maximum Gasteiger partial charge on any atom is 0.187 e. The molecule has 0 radical (unpaired) electrons. The van der Waals surface area contributed by atoms with Crippen LogP contribution in [0.5, 0.6) is 0 Å². The average Bonchev–Trinajstić information content (AvgIpc) is 2.17. The molecule has 0 amide bonds. The second-order valence-electron chi connectivity index (χ2n) is 2.85. The lowest BCUT2D eigenvalue weighted by Gasteiger charge is -2.01. The first-order valence-electron chi connectivity index (χ1n) is 4.04. The number of halogens is 1. The summed E-state index contributed by atoms with van der Waals surface area (Å²) in [7, 11) is 0. The highest BCUT2D eigenvalue weighted by Crippen LogP contribution is 2.21. The number of hydrogen-bond acceptors (Lipinski definition) is 4. The molecule has 3 nitrogen and oxygen atoms in total. The minimum absolute atomic E-state index is 0.442. The van der Waals surface area contributed by atoms with Crippen LogP contribution in [-0.2, 0) is 0 Å². The quantitative estimate of drug-likeness (QED) is 0.425. The number of aryl methyl sites for hydroxylation is 1. The zero-order valence-electron chi connectivity index (χ0n) is 7.78. The van der Waals surface area contributed by atoms with Gasteiger partial charge in [0.1, 0.15) is 5.52 Å². The van der Waals surface area contributed by atoms with Crippen LogP contribution in [0.1, 0.15) is 5.69 Å². The van der Waals surface area contributed by atoms with Crippen molar-refractivity contribution < 1.29 is 0 Å². The Bertz CT molecular complexity index is 487. The first-order valence-corrected chi connectivity index (χ1v) is 5.65. The molecule has 2 heterocycles. The van der Waals surface area contributed by atoms with E-state index < -0.39 is 0 Å². The van der Waals surface area contributed by atoms with Crippen LogP contribution in [-0.4, -0.2) is 21.2 Å². The molecule has 0 atom stereocenters. The molecule has 2 rings (SSSR count). The SMILES string of the molecule is CSc1ncc2cc(C)nc(Cl)c2n1. The summed E-state index contributed by atoms with van der Waals surface area (Å²) < 4.78 is 0. The molecule has 2 aromatic rings. The summed E-state index contributed by atoms with van der Waals surface area (Å²) in [5.74, 6) is 0. The van der Waals surface area contributed by atoms with E-state index in [1.165, 1.54) is 11.8 Å². The van der Waals surface area contributed by atoms with Crippen molar-refractivity contribution >= 4 is 34.3 Å². The number of fused-ring (bicyclic) bond motifs is 1. The Morgan fingerprint density at radius 3 is 2.86 bits per heavy atom. The van der Waals surface area contributed by atoms with Crippen LogP contribution in [0.2, 0.25) is 5.15 Å². The lowest BCUT2D eigenvalue weighted by Crippen LogP contribution is -1.91. The molecule has 0 aliphatic heterocycles. The molecule has 0 saturated heterocycles. The molecule has 0 unspecified atom stereocenters. The number of nitrogens with zero attached hydrogens (tertiary/aromatic N) is 3. The molecule has 0 saturated carbocycles. The van der Waals surface area contributed by atoms with Gasteiger partial charge in [-0.3, -0.25) is 0 Å². The Morgan fingerprint density at radius 2 is 2.14 bits per heavy atom. The summed E-state index contributed by atoms with van der Waals surface area (Å²) in [4.78, 5) is 12.6. The van der Waals surface area contributed by atoms with Crippen LogP contribution in [0.25, 0.3) is 10.9 Å². The number of pyridine rings is 1. The van der Waals surface area contributed by atoms with Gasteiger partial charge in [0, 0.05) is 17.3 Å². The zero-order chi connectivity index (χ0) is 10.1. The molecule has 0 aliphatic carbocycles. The summed E-state index contributed by atoms with van der Waals surface area (Å²) in [6.45, 7) is 1.90. The molecule has 5 heteroatoms. The molecule has 0 spiro atoms. The predicted octanol–water partition coefficient (Wildman–Crippen LogP) is 2.71. The Labute approximate surface area is 90.9 Å². The highest BCUT2D eigenvalue weighted by Gasteiger charge is 2.05. The molecule has 0 bridgehead atoms. The largest absolute Gasteiger partial charge is 0.239 e. The summed E-state index contributed by atoms with van der Waals surface area (Å²) in [6.07, 6.45) is 3.70. The first-order chi connectivity index (χ1) is 6.70. The second-order valence-corrected chi connectivity index (χ2v) is 3.98. The van der Waals surface area contributed by atoms with Crippen molar-refractivity contribution in [3.8, 4) is 0 Å². The van der Waals surface area contributed by atoms with Gasteiger partial charge in [0.05, 0.1) is 0 Å². The molecule has 0 N–H and O–H groups in total. The predicted molar refractivity (Wildman–Crippen MR) is 58.9 cm³/mol. The zero-order valence-corrected chi connectivity index (χ0v) is 9.35.